The van der Waals surface area contributed by atoms with Crippen LogP contribution in [0.3, 0.4) is 0 Å². The largest absolute Gasteiger partial charge is 0.466 e. The third-order valence-electron chi connectivity index (χ3n) is 3.43. The molecule has 90 valence electrons. The second kappa shape index (κ2) is 5.37. The summed E-state index contributed by atoms with van der Waals surface area (Å²) in [6.45, 7) is 5.58. The van der Waals surface area contributed by atoms with Crippen LogP contribution in [0.1, 0.15) is 44.9 Å². The van der Waals surface area contributed by atoms with Gasteiger partial charge in [-0.1, -0.05) is 13.8 Å². The monoisotopic (exact) mass is 285 g/mol. The number of furan rings is 1. The van der Waals surface area contributed by atoms with Crippen molar-refractivity contribution in [1.82, 2.24) is 5.32 Å². The summed E-state index contributed by atoms with van der Waals surface area (Å²) in [4.78, 5) is 0. The van der Waals surface area contributed by atoms with Gasteiger partial charge in [0.15, 0.2) is 0 Å². The van der Waals surface area contributed by atoms with Crippen LogP contribution in [0.25, 0.3) is 0 Å². The molecule has 0 bridgehead atoms. The fourth-order valence-corrected chi connectivity index (χ4v) is 2.69. The Bertz CT molecular complexity index is 332. The predicted molar refractivity (Wildman–Crippen MR) is 69.3 cm³/mol. The van der Waals surface area contributed by atoms with Gasteiger partial charge >= 0.3 is 0 Å². The van der Waals surface area contributed by atoms with Crippen molar-refractivity contribution in [3.05, 3.63) is 22.6 Å². The Morgan fingerprint density at radius 2 is 2.31 bits per heavy atom. The minimum absolute atomic E-state index is 0.358. The van der Waals surface area contributed by atoms with Crippen LogP contribution in [0.2, 0.25) is 0 Å². The van der Waals surface area contributed by atoms with Crippen molar-refractivity contribution in [2.45, 2.75) is 39.2 Å². The first-order valence-corrected chi connectivity index (χ1v) is 6.99. The van der Waals surface area contributed by atoms with Gasteiger partial charge in [0.1, 0.15) is 5.76 Å². The molecule has 2 atom stereocenters. The Morgan fingerprint density at radius 3 is 2.81 bits per heavy atom. The molecule has 1 aliphatic carbocycles. The lowest BCUT2D eigenvalue weighted by atomic mass is 9.94. The summed E-state index contributed by atoms with van der Waals surface area (Å²) in [7, 11) is 0. The minimum atomic E-state index is 0.358. The second-order valence-corrected chi connectivity index (χ2v) is 5.62. The molecule has 0 saturated heterocycles. The number of hydrogen-bond acceptors (Lipinski definition) is 2. The molecule has 3 heteroatoms. The van der Waals surface area contributed by atoms with Crippen molar-refractivity contribution >= 4 is 15.9 Å². The van der Waals surface area contributed by atoms with Crippen LogP contribution < -0.4 is 5.32 Å². The normalized spacial score (nSPS) is 19.7. The standard InChI is InChI=1S/C13H20BrNO/c1-3-7-15-12(9(2)10-4-5-10)13-11(14)6-8-16-13/h6,8-10,12,15H,3-5,7H2,1-2H3. The van der Waals surface area contributed by atoms with Gasteiger partial charge in [0.2, 0.25) is 0 Å². The molecular weight excluding hydrogens is 266 g/mol. The highest BCUT2D eigenvalue weighted by Crippen LogP contribution is 2.44. The van der Waals surface area contributed by atoms with Gasteiger partial charge in [-0.05, 0) is 59.6 Å². The zero-order chi connectivity index (χ0) is 11.5. The summed E-state index contributed by atoms with van der Waals surface area (Å²) in [5.41, 5.74) is 0. The molecule has 1 fully saturated rings. The first kappa shape index (κ1) is 12.2. The highest BCUT2D eigenvalue weighted by atomic mass is 79.9. The van der Waals surface area contributed by atoms with Gasteiger partial charge in [-0.3, -0.25) is 0 Å². The van der Waals surface area contributed by atoms with E-state index in [4.69, 9.17) is 4.42 Å². The van der Waals surface area contributed by atoms with E-state index in [0.29, 0.717) is 12.0 Å². The quantitative estimate of drug-likeness (QED) is 0.850. The zero-order valence-electron chi connectivity index (χ0n) is 10.0. The molecule has 1 saturated carbocycles. The molecule has 0 amide bonds. The molecule has 1 aromatic heterocycles. The Hall–Kier alpha value is -0.280. The summed E-state index contributed by atoms with van der Waals surface area (Å²) < 4.78 is 6.70. The van der Waals surface area contributed by atoms with Gasteiger partial charge < -0.3 is 9.73 Å². The van der Waals surface area contributed by atoms with Crippen molar-refractivity contribution in [3.8, 4) is 0 Å². The van der Waals surface area contributed by atoms with E-state index in [0.717, 1.165) is 29.1 Å². The zero-order valence-corrected chi connectivity index (χ0v) is 11.6. The molecule has 2 nitrogen and oxygen atoms in total. The summed E-state index contributed by atoms with van der Waals surface area (Å²) in [6.07, 6.45) is 5.68. The van der Waals surface area contributed by atoms with E-state index in [9.17, 15) is 0 Å². The fraction of sp³-hybridized carbons (Fsp3) is 0.692. The molecule has 2 rings (SSSR count). The number of rotatable bonds is 6. The van der Waals surface area contributed by atoms with Crippen LogP contribution in [0.4, 0.5) is 0 Å². The lowest BCUT2D eigenvalue weighted by Crippen LogP contribution is -2.28. The molecule has 1 N–H and O–H groups in total. The maximum atomic E-state index is 5.61. The van der Waals surface area contributed by atoms with Gasteiger partial charge in [0.25, 0.3) is 0 Å². The molecule has 16 heavy (non-hydrogen) atoms. The predicted octanol–water partition coefficient (Wildman–Crippen LogP) is 4.13. The smallest absolute Gasteiger partial charge is 0.135 e. The Balaban J connectivity index is 2.10. The average molecular weight is 286 g/mol. The first-order chi connectivity index (χ1) is 7.74. The lowest BCUT2D eigenvalue weighted by Gasteiger charge is -2.23. The van der Waals surface area contributed by atoms with E-state index in [1.807, 2.05) is 6.07 Å². The first-order valence-electron chi connectivity index (χ1n) is 6.20. The Kier molecular flexibility index (Phi) is 4.09. The van der Waals surface area contributed by atoms with Crippen LogP contribution in [0.15, 0.2) is 21.2 Å². The number of hydrogen-bond donors (Lipinski definition) is 1. The molecule has 0 aliphatic heterocycles. The molecule has 0 radical (unpaired) electrons. The second-order valence-electron chi connectivity index (χ2n) is 4.76. The van der Waals surface area contributed by atoms with Crippen molar-refractivity contribution < 1.29 is 4.42 Å². The topological polar surface area (TPSA) is 25.2 Å². The summed E-state index contributed by atoms with van der Waals surface area (Å²) >= 11 is 3.56. The summed E-state index contributed by atoms with van der Waals surface area (Å²) in [6, 6.07) is 2.34. The van der Waals surface area contributed by atoms with Gasteiger partial charge in [-0.25, -0.2) is 0 Å². The minimum Gasteiger partial charge on any atom is -0.466 e. The van der Waals surface area contributed by atoms with Crippen LogP contribution in [0.5, 0.6) is 0 Å². The van der Waals surface area contributed by atoms with E-state index < -0.39 is 0 Å². The van der Waals surface area contributed by atoms with E-state index >= 15 is 0 Å². The third kappa shape index (κ3) is 2.69. The lowest BCUT2D eigenvalue weighted by molar-refractivity contribution is 0.299. The average Bonchev–Trinajstić information content (AvgIpc) is 3.04. The molecular formula is C13H20BrNO. The van der Waals surface area contributed by atoms with E-state index in [1.165, 1.54) is 12.8 Å². The maximum absolute atomic E-state index is 5.61. The molecule has 1 aliphatic rings. The van der Waals surface area contributed by atoms with Crippen molar-refractivity contribution in [2.24, 2.45) is 11.8 Å². The van der Waals surface area contributed by atoms with Crippen molar-refractivity contribution in [2.75, 3.05) is 6.54 Å². The summed E-state index contributed by atoms with van der Waals surface area (Å²) in [5.74, 6) is 2.60. The van der Waals surface area contributed by atoms with Crippen LogP contribution >= 0.6 is 15.9 Å². The molecule has 0 aromatic carbocycles. The van der Waals surface area contributed by atoms with Gasteiger partial charge in [-0.15, -0.1) is 0 Å². The van der Waals surface area contributed by atoms with Crippen LogP contribution in [-0.2, 0) is 0 Å². The van der Waals surface area contributed by atoms with Gasteiger partial charge in [0.05, 0.1) is 16.8 Å². The van der Waals surface area contributed by atoms with E-state index in [-0.39, 0.29) is 0 Å². The third-order valence-corrected chi connectivity index (χ3v) is 4.09. The van der Waals surface area contributed by atoms with Crippen molar-refractivity contribution in [3.63, 3.8) is 0 Å². The van der Waals surface area contributed by atoms with E-state index in [1.54, 1.807) is 6.26 Å². The van der Waals surface area contributed by atoms with Crippen LogP contribution in [-0.4, -0.2) is 6.54 Å². The van der Waals surface area contributed by atoms with Crippen LogP contribution in [0, 0.1) is 11.8 Å². The molecule has 2 unspecified atom stereocenters. The maximum Gasteiger partial charge on any atom is 0.135 e. The van der Waals surface area contributed by atoms with E-state index in [2.05, 4.69) is 35.1 Å². The van der Waals surface area contributed by atoms with Crippen molar-refractivity contribution in [1.29, 1.82) is 0 Å². The Labute approximate surface area is 106 Å². The van der Waals surface area contributed by atoms with Gasteiger partial charge in [0, 0.05) is 0 Å². The molecule has 0 spiro atoms. The van der Waals surface area contributed by atoms with Gasteiger partial charge in [-0.2, -0.15) is 0 Å². The molecule has 1 aromatic rings. The number of halogens is 1. The Morgan fingerprint density at radius 1 is 1.56 bits per heavy atom. The summed E-state index contributed by atoms with van der Waals surface area (Å²) in [5, 5.41) is 3.61. The molecule has 1 heterocycles. The SMILES string of the molecule is CCCNC(c1occc1Br)C(C)C1CC1. The highest BCUT2D eigenvalue weighted by molar-refractivity contribution is 9.10. The fourth-order valence-electron chi connectivity index (χ4n) is 2.24. The number of nitrogens with one attached hydrogen (secondary N) is 1. The highest BCUT2D eigenvalue weighted by Gasteiger charge is 2.35.